The fourth-order valence-corrected chi connectivity index (χ4v) is 2.98. The second-order valence-corrected chi connectivity index (χ2v) is 6.51. The molecule has 1 aliphatic carbocycles. The van der Waals surface area contributed by atoms with Crippen molar-refractivity contribution in [2.45, 2.75) is 25.8 Å². The first-order valence-corrected chi connectivity index (χ1v) is 8.35. The van der Waals surface area contributed by atoms with Gasteiger partial charge in [-0.15, -0.1) is 0 Å². The maximum atomic E-state index is 12.7. The molecule has 3 aromatic rings. The van der Waals surface area contributed by atoms with Crippen LogP contribution < -0.4 is 10.6 Å². The average molecular weight is 341 g/mol. The standard InChI is InChI=1S/C19H17ClN2O2/c1-11-4-2-3-5-13(11)19(23)22-18-14-10-17(20)24-16(14)9-8-15(18)21-12-6-7-12/h2-5,8-10,12,21H,6-7H2,1H3,(H,22,23). The smallest absolute Gasteiger partial charge is 0.256 e. The number of fused-ring (bicyclic) bond motifs is 1. The van der Waals surface area contributed by atoms with Crippen molar-refractivity contribution in [3.63, 3.8) is 0 Å². The Balaban J connectivity index is 1.75. The lowest BCUT2D eigenvalue weighted by molar-refractivity contribution is 0.102. The quantitative estimate of drug-likeness (QED) is 0.684. The van der Waals surface area contributed by atoms with Crippen molar-refractivity contribution in [1.29, 1.82) is 0 Å². The van der Waals surface area contributed by atoms with Gasteiger partial charge >= 0.3 is 0 Å². The predicted molar refractivity (Wildman–Crippen MR) is 97.0 cm³/mol. The molecule has 1 saturated carbocycles. The van der Waals surface area contributed by atoms with Crippen LogP contribution in [0.1, 0.15) is 28.8 Å². The molecule has 4 rings (SSSR count). The van der Waals surface area contributed by atoms with Crippen LogP contribution >= 0.6 is 11.6 Å². The van der Waals surface area contributed by atoms with E-state index in [1.165, 1.54) is 0 Å². The highest BCUT2D eigenvalue weighted by Gasteiger charge is 2.24. The Morgan fingerprint density at radius 1 is 1.21 bits per heavy atom. The summed E-state index contributed by atoms with van der Waals surface area (Å²) in [6, 6.07) is 13.5. The molecule has 1 heterocycles. The summed E-state index contributed by atoms with van der Waals surface area (Å²) in [5.74, 6) is -0.142. The van der Waals surface area contributed by atoms with Crippen molar-refractivity contribution >= 4 is 39.9 Å². The highest BCUT2D eigenvalue weighted by molar-refractivity contribution is 6.30. The number of carbonyl (C=O) groups excluding carboxylic acids is 1. The number of hydrogen-bond donors (Lipinski definition) is 2. The maximum Gasteiger partial charge on any atom is 0.256 e. The molecule has 2 aromatic carbocycles. The molecule has 0 spiro atoms. The SMILES string of the molecule is Cc1ccccc1C(=O)Nc1c(NC2CC2)ccc2oc(Cl)cc12. The van der Waals surface area contributed by atoms with Crippen LogP contribution in [0.2, 0.25) is 5.22 Å². The minimum absolute atomic E-state index is 0.142. The fraction of sp³-hybridized carbons (Fsp3) is 0.211. The number of aryl methyl sites for hydroxylation is 1. The Morgan fingerprint density at radius 2 is 2.00 bits per heavy atom. The lowest BCUT2D eigenvalue weighted by atomic mass is 10.1. The lowest BCUT2D eigenvalue weighted by Gasteiger charge is -2.14. The molecule has 1 aliphatic rings. The normalized spacial score (nSPS) is 13.9. The molecular formula is C19H17ClN2O2. The van der Waals surface area contributed by atoms with Gasteiger partial charge in [-0.3, -0.25) is 4.79 Å². The van der Waals surface area contributed by atoms with Gasteiger partial charge in [0.1, 0.15) is 5.58 Å². The summed E-state index contributed by atoms with van der Waals surface area (Å²) < 4.78 is 5.48. The molecular weight excluding hydrogens is 324 g/mol. The zero-order valence-corrected chi connectivity index (χ0v) is 14.0. The third kappa shape index (κ3) is 2.85. The largest absolute Gasteiger partial charge is 0.445 e. The molecule has 0 aliphatic heterocycles. The third-order valence-corrected chi connectivity index (χ3v) is 4.42. The number of nitrogens with one attached hydrogen (secondary N) is 2. The van der Waals surface area contributed by atoms with Crippen LogP contribution in [0.4, 0.5) is 11.4 Å². The van der Waals surface area contributed by atoms with E-state index in [9.17, 15) is 4.79 Å². The number of amides is 1. The average Bonchev–Trinajstić information content (AvgIpc) is 3.29. The minimum Gasteiger partial charge on any atom is -0.445 e. The van der Waals surface area contributed by atoms with Gasteiger partial charge in [0.25, 0.3) is 5.91 Å². The molecule has 0 saturated heterocycles. The van der Waals surface area contributed by atoms with E-state index in [-0.39, 0.29) is 5.91 Å². The summed E-state index contributed by atoms with van der Waals surface area (Å²) in [6.07, 6.45) is 2.30. The Labute approximate surface area is 144 Å². The highest BCUT2D eigenvalue weighted by Crippen LogP contribution is 2.37. The Bertz CT molecular complexity index is 928. The van der Waals surface area contributed by atoms with E-state index in [1.807, 2.05) is 43.3 Å². The minimum atomic E-state index is -0.142. The van der Waals surface area contributed by atoms with Crippen LogP contribution in [0.3, 0.4) is 0 Å². The van der Waals surface area contributed by atoms with Gasteiger partial charge in [-0.25, -0.2) is 0 Å². The summed E-state index contributed by atoms with van der Waals surface area (Å²) in [7, 11) is 0. The van der Waals surface area contributed by atoms with Crippen LogP contribution in [0, 0.1) is 6.92 Å². The Morgan fingerprint density at radius 3 is 2.75 bits per heavy atom. The fourth-order valence-electron chi connectivity index (χ4n) is 2.79. The molecule has 0 bridgehead atoms. The highest BCUT2D eigenvalue weighted by atomic mass is 35.5. The monoisotopic (exact) mass is 340 g/mol. The van der Waals surface area contributed by atoms with Gasteiger partial charge in [-0.1, -0.05) is 18.2 Å². The first-order valence-electron chi connectivity index (χ1n) is 7.97. The summed E-state index contributed by atoms with van der Waals surface area (Å²) >= 11 is 6.00. The van der Waals surface area contributed by atoms with Gasteiger partial charge in [0.2, 0.25) is 0 Å². The number of benzene rings is 2. The molecule has 5 heteroatoms. The molecule has 1 fully saturated rings. The molecule has 24 heavy (non-hydrogen) atoms. The first-order chi connectivity index (χ1) is 11.6. The molecule has 0 radical (unpaired) electrons. The number of halogens is 1. The number of furan rings is 1. The number of hydrogen-bond acceptors (Lipinski definition) is 3. The number of anilines is 2. The second-order valence-electron chi connectivity index (χ2n) is 6.14. The molecule has 4 nitrogen and oxygen atoms in total. The van der Waals surface area contributed by atoms with E-state index < -0.39 is 0 Å². The van der Waals surface area contributed by atoms with Crippen molar-refractivity contribution in [1.82, 2.24) is 0 Å². The van der Waals surface area contributed by atoms with Crippen LogP contribution in [-0.4, -0.2) is 11.9 Å². The van der Waals surface area contributed by atoms with Gasteiger partial charge in [-0.05, 0) is 55.1 Å². The Hall–Kier alpha value is -2.46. The third-order valence-electron chi connectivity index (χ3n) is 4.24. The molecule has 1 aromatic heterocycles. The van der Waals surface area contributed by atoms with E-state index in [0.29, 0.717) is 28.1 Å². The lowest BCUT2D eigenvalue weighted by Crippen LogP contribution is -2.15. The van der Waals surface area contributed by atoms with Crippen molar-refractivity contribution in [2.75, 3.05) is 10.6 Å². The first kappa shape index (κ1) is 15.1. The van der Waals surface area contributed by atoms with Crippen molar-refractivity contribution in [2.24, 2.45) is 0 Å². The number of carbonyl (C=O) groups is 1. The van der Waals surface area contributed by atoms with Gasteiger partial charge in [0, 0.05) is 23.1 Å². The summed E-state index contributed by atoms with van der Waals surface area (Å²) in [5.41, 5.74) is 3.85. The number of rotatable bonds is 4. The zero-order chi connectivity index (χ0) is 16.7. The van der Waals surface area contributed by atoms with Gasteiger partial charge in [0.15, 0.2) is 5.22 Å². The van der Waals surface area contributed by atoms with Gasteiger partial charge in [0.05, 0.1) is 11.4 Å². The molecule has 0 unspecified atom stereocenters. The van der Waals surface area contributed by atoms with E-state index in [2.05, 4.69) is 10.6 Å². The Kier molecular flexibility index (Phi) is 3.69. The second kappa shape index (κ2) is 5.87. The van der Waals surface area contributed by atoms with E-state index in [1.54, 1.807) is 6.07 Å². The van der Waals surface area contributed by atoms with Crippen molar-refractivity contribution < 1.29 is 9.21 Å². The van der Waals surface area contributed by atoms with Crippen LogP contribution in [0.25, 0.3) is 11.0 Å². The van der Waals surface area contributed by atoms with Gasteiger partial charge in [-0.2, -0.15) is 0 Å². The summed E-state index contributed by atoms with van der Waals surface area (Å²) in [4.78, 5) is 12.7. The van der Waals surface area contributed by atoms with Crippen LogP contribution in [0.15, 0.2) is 46.9 Å². The molecule has 122 valence electrons. The molecule has 1 amide bonds. The topological polar surface area (TPSA) is 54.3 Å². The van der Waals surface area contributed by atoms with Crippen LogP contribution in [-0.2, 0) is 0 Å². The zero-order valence-electron chi connectivity index (χ0n) is 13.2. The molecule has 2 N–H and O–H groups in total. The van der Waals surface area contributed by atoms with Crippen molar-refractivity contribution in [3.8, 4) is 0 Å². The van der Waals surface area contributed by atoms with Gasteiger partial charge < -0.3 is 15.1 Å². The van der Waals surface area contributed by atoms with E-state index in [0.717, 1.165) is 29.5 Å². The molecule has 0 atom stereocenters. The van der Waals surface area contributed by atoms with E-state index in [4.69, 9.17) is 16.0 Å². The van der Waals surface area contributed by atoms with Crippen LogP contribution in [0.5, 0.6) is 0 Å². The summed E-state index contributed by atoms with van der Waals surface area (Å²) in [5, 5.41) is 7.60. The summed E-state index contributed by atoms with van der Waals surface area (Å²) in [6.45, 7) is 1.92. The maximum absolute atomic E-state index is 12.7. The predicted octanol–water partition coefficient (Wildman–Crippen LogP) is 5.22. The van der Waals surface area contributed by atoms with Crippen molar-refractivity contribution in [3.05, 3.63) is 58.8 Å². The van der Waals surface area contributed by atoms with E-state index >= 15 is 0 Å².